The first-order valence-electron chi connectivity index (χ1n) is 8.94. The summed E-state index contributed by atoms with van der Waals surface area (Å²) in [6.07, 6.45) is 3.57. The van der Waals surface area contributed by atoms with E-state index in [1.807, 2.05) is 61.7 Å². The lowest BCUT2D eigenvalue weighted by atomic mass is 9.97. The van der Waals surface area contributed by atoms with Crippen LogP contribution in [-0.4, -0.2) is 15.1 Å². The number of phenols is 1. The van der Waals surface area contributed by atoms with Crippen molar-refractivity contribution in [2.75, 3.05) is 5.32 Å². The zero-order chi connectivity index (χ0) is 18.8. The number of nitrogens with zero attached hydrogens (tertiary/aromatic N) is 2. The van der Waals surface area contributed by atoms with Gasteiger partial charge >= 0.3 is 0 Å². The Morgan fingerprint density at radius 1 is 0.963 bits per heavy atom. The van der Waals surface area contributed by atoms with Gasteiger partial charge in [0, 0.05) is 34.7 Å². The van der Waals surface area contributed by atoms with Crippen LogP contribution < -0.4 is 5.32 Å². The molecule has 0 saturated heterocycles. The van der Waals surface area contributed by atoms with Gasteiger partial charge in [0.05, 0.1) is 6.04 Å². The summed E-state index contributed by atoms with van der Waals surface area (Å²) in [5, 5.41) is 15.5. The van der Waals surface area contributed by atoms with Crippen LogP contribution in [0, 0.1) is 13.8 Å². The molecule has 0 aliphatic rings. The second-order valence-electron chi connectivity index (χ2n) is 6.76. The molecular formula is C23H21N3O. The molecule has 0 radical (unpaired) electrons. The fraction of sp³-hybridized carbons (Fsp3) is 0.130. The number of fused-ring (bicyclic) bond motifs is 1. The lowest BCUT2D eigenvalue weighted by molar-refractivity contribution is 0.471. The summed E-state index contributed by atoms with van der Waals surface area (Å²) in [7, 11) is 0. The number of nitrogens with one attached hydrogen (secondary N) is 1. The second-order valence-corrected chi connectivity index (χ2v) is 6.76. The van der Waals surface area contributed by atoms with Crippen molar-refractivity contribution in [3.8, 4) is 5.75 Å². The van der Waals surface area contributed by atoms with Crippen LogP contribution in [0.15, 0.2) is 73.1 Å². The Labute approximate surface area is 158 Å². The van der Waals surface area contributed by atoms with E-state index in [4.69, 9.17) is 0 Å². The maximum absolute atomic E-state index is 11.0. The number of benzene rings is 2. The van der Waals surface area contributed by atoms with E-state index in [0.29, 0.717) is 5.52 Å². The molecule has 0 bridgehead atoms. The molecule has 2 heterocycles. The summed E-state index contributed by atoms with van der Waals surface area (Å²) in [5.74, 6) is 0.199. The molecule has 4 heteroatoms. The van der Waals surface area contributed by atoms with Crippen molar-refractivity contribution in [2.24, 2.45) is 0 Å². The molecule has 2 aromatic carbocycles. The molecule has 4 nitrogen and oxygen atoms in total. The first kappa shape index (κ1) is 17.0. The predicted molar refractivity (Wildman–Crippen MR) is 109 cm³/mol. The van der Waals surface area contributed by atoms with Crippen LogP contribution in [0.2, 0.25) is 0 Å². The first-order valence-corrected chi connectivity index (χ1v) is 8.94. The molecule has 27 heavy (non-hydrogen) atoms. The molecule has 134 valence electrons. The van der Waals surface area contributed by atoms with Gasteiger partial charge in [0.2, 0.25) is 0 Å². The molecule has 0 saturated carbocycles. The smallest absolute Gasteiger partial charge is 0.147 e. The number of aromatic nitrogens is 2. The van der Waals surface area contributed by atoms with E-state index in [-0.39, 0.29) is 11.8 Å². The fourth-order valence-corrected chi connectivity index (χ4v) is 3.31. The molecule has 0 amide bonds. The maximum Gasteiger partial charge on any atom is 0.147 e. The summed E-state index contributed by atoms with van der Waals surface area (Å²) in [6, 6.07) is 19.7. The Morgan fingerprint density at radius 3 is 2.59 bits per heavy atom. The van der Waals surface area contributed by atoms with Crippen molar-refractivity contribution in [3.05, 3.63) is 95.4 Å². The summed E-state index contributed by atoms with van der Waals surface area (Å²) in [5.41, 5.74) is 5.40. The molecule has 0 spiro atoms. The summed E-state index contributed by atoms with van der Waals surface area (Å²) in [6.45, 7) is 3.99. The van der Waals surface area contributed by atoms with Crippen LogP contribution in [0.25, 0.3) is 10.9 Å². The number of phenolic OH excluding ortho intramolecular Hbond substituents is 1. The third-order valence-electron chi connectivity index (χ3n) is 4.66. The SMILES string of the molecule is Cc1cccc(NC(c2cccnc2)c2ccc3ccc(C)nc3c2O)c1. The molecule has 0 aliphatic heterocycles. The van der Waals surface area contributed by atoms with Crippen LogP contribution in [0.1, 0.15) is 28.4 Å². The highest BCUT2D eigenvalue weighted by atomic mass is 16.3. The lowest BCUT2D eigenvalue weighted by Gasteiger charge is -2.22. The van der Waals surface area contributed by atoms with E-state index in [1.165, 1.54) is 5.56 Å². The minimum Gasteiger partial charge on any atom is -0.505 e. The molecule has 2 aromatic heterocycles. The van der Waals surface area contributed by atoms with Crippen LogP contribution in [0.4, 0.5) is 5.69 Å². The normalized spacial score (nSPS) is 12.1. The Morgan fingerprint density at radius 2 is 1.81 bits per heavy atom. The van der Waals surface area contributed by atoms with Crippen LogP contribution >= 0.6 is 0 Å². The van der Waals surface area contributed by atoms with Gasteiger partial charge in [0.15, 0.2) is 0 Å². The van der Waals surface area contributed by atoms with Gasteiger partial charge < -0.3 is 10.4 Å². The molecule has 1 unspecified atom stereocenters. The van der Waals surface area contributed by atoms with Crippen molar-refractivity contribution in [3.63, 3.8) is 0 Å². The van der Waals surface area contributed by atoms with Gasteiger partial charge in [0.25, 0.3) is 0 Å². The fourth-order valence-electron chi connectivity index (χ4n) is 3.31. The van der Waals surface area contributed by atoms with E-state index >= 15 is 0 Å². The predicted octanol–water partition coefficient (Wildman–Crippen LogP) is 5.15. The number of hydrogen-bond acceptors (Lipinski definition) is 4. The van der Waals surface area contributed by atoms with Crippen molar-refractivity contribution in [1.82, 2.24) is 9.97 Å². The van der Waals surface area contributed by atoms with Gasteiger partial charge in [-0.15, -0.1) is 0 Å². The maximum atomic E-state index is 11.0. The molecule has 0 fully saturated rings. The molecule has 1 atom stereocenters. The number of rotatable bonds is 4. The van der Waals surface area contributed by atoms with Gasteiger partial charge in [-0.2, -0.15) is 0 Å². The zero-order valence-electron chi connectivity index (χ0n) is 15.3. The summed E-state index contributed by atoms with van der Waals surface area (Å²) >= 11 is 0. The summed E-state index contributed by atoms with van der Waals surface area (Å²) < 4.78 is 0. The van der Waals surface area contributed by atoms with Crippen molar-refractivity contribution >= 4 is 16.6 Å². The van der Waals surface area contributed by atoms with Crippen molar-refractivity contribution in [1.29, 1.82) is 0 Å². The topological polar surface area (TPSA) is 58.0 Å². The largest absolute Gasteiger partial charge is 0.505 e. The molecular weight excluding hydrogens is 334 g/mol. The minimum atomic E-state index is -0.243. The van der Waals surface area contributed by atoms with Gasteiger partial charge in [-0.05, 0) is 49.2 Å². The van der Waals surface area contributed by atoms with E-state index in [9.17, 15) is 5.11 Å². The Kier molecular flexibility index (Phi) is 4.47. The standard InChI is InChI=1S/C23H21N3O/c1-15-5-3-7-19(13-15)26-21(18-6-4-12-24-14-18)20-11-10-17-9-8-16(2)25-22(17)23(20)27/h3-14,21,26-27H,1-2H3. The van der Waals surface area contributed by atoms with Crippen LogP contribution in [-0.2, 0) is 0 Å². The number of aromatic hydroxyl groups is 1. The molecule has 2 N–H and O–H groups in total. The third kappa shape index (κ3) is 3.47. The second kappa shape index (κ2) is 7.08. The van der Waals surface area contributed by atoms with Crippen LogP contribution in [0.5, 0.6) is 5.75 Å². The lowest BCUT2D eigenvalue weighted by Crippen LogP contribution is -2.13. The number of anilines is 1. The van der Waals surface area contributed by atoms with Gasteiger partial charge in [0.1, 0.15) is 11.3 Å². The number of aryl methyl sites for hydroxylation is 2. The zero-order valence-corrected chi connectivity index (χ0v) is 15.3. The van der Waals surface area contributed by atoms with Gasteiger partial charge in [-0.25, -0.2) is 4.98 Å². The van der Waals surface area contributed by atoms with Gasteiger partial charge in [-0.1, -0.05) is 36.4 Å². The number of hydrogen-bond donors (Lipinski definition) is 2. The van der Waals surface area contributed by atoms with E-state index in [2.05, 4.69) is 34.3 Å². The minimum absolute atomic E-state index is 0.199. The Balaban J connectivity index is 1.86. The molecule has 4 rings (SSSR count). The molecule has 0 aliphatic carbocycles. The number of pyridine rings is 2. The highest BCUT2D eigenvalue weighted by molar-refractivity contribution is 5.86. The average Bonchev–Trinajstić information content (AvgIpc) is 2.68. The quantitative estimate of drug-likeness (QED) is 0.531. The monoisotopic (exact) mass is 355 g/mol. The summed E-state index contributed by atoms with van der Waals surface area (Å²) in [4.78, 5) is 8.80. The first-order chi connectivity index (χ1) is 13.1. The highest BCUT2D eigenvalue weighted by Crippen LogP contribution is 2.36. The average molecular weight is 355 g/mol. The Hall–Kier alpha value is -3.40. The van der Waals surface area contributed by atoms with Crippen LogP contribution in [0.3, 0.4) is 0 Å². The highest BCUT2D eigenvalue weighted by Gasteiger charge is 2.20. The van der Waals surface area contributed by atoms with E-state index in [1.54, 1.807) is 6.20 Å². The Bertz CT molecular complexity index is 1090. The van der Waals surface area contributed by atoms with E-state index in [0.717, 1.165) is 27.9 Å². The van der Waals surface area contributed by atoms with Crippen molar-refractivity contribution in [2.45, 2.75) is 19.9 Å². The third-order valence-corrected chi connectivity index (χ3v) is 4.66. The van der Waals surface area contributed by atoms with Gasteiger partial charge in [-0.3, -0.25) is 4.98 Å². The molecule has 4 aromatic rings. The van der Waals surface area contributed by atoms with E-state index < -0.39 is 0 Å². The van der Waals surface area contributed by atoms with Crippen molar-refractivity contribution < 1.29 is 5.11 Å².